The molecule has 80 valence electrons. The Bertz CT molecular complexity index is 401. The fraction of sp³-hybridized carbons (Fsp3) is 0.300. The first-order valence-electron chi connectivity index (χ1n) is 4.27. The van der Waals surface area contributed by atoms with Crippen molar-refractivity contribution in [1.82, 2.24) is 0 Å². The third-order valence-corrected chi connectivity index (χ3v) is 3.08. The largest absolute Gasteiger partial charge is 0.495 e. The fourth-order valence-corrected chi connectivity index (χ4v) is 2.33. The SMILES string of the molecule is COc1cc(NC(C)C#N)c(Br)cc1Br. The maximum Gasteiger partial charge on any atom is 0.135 e. The van der Waals surface area contributed by atoms with Crippen molar-refractivity contribution < 1.29 is 4.74 Å². The number of nitriles is 1. The summed E-state index contributed by atoms with van der Waals surface area (Å²) in [5, 5.41) is 11.8. The zero-order valence-corrected chi connectivity index (χ0v) is 11.5. The molecule has 3 nitrogen and oxygen atoms in total. The van der Waals surface area contributed by atoms with Crippen molar-refractivity contribution in [2.24, 2.45) is 0 Å². The van der Waals surface area contributed by atoms with E-state index < -0.39 is 0 Å². The van der Waals surface area contributed by atoms with Gasteiger partial charge in [0.1, 0.15) is 11.8 Å². The Labute approximate surface area is 106 Å². The Balaban J connectivity index is 3.03. The molecule has 0 amide bonds. The van der Waals surface area contributed by atoms with E-state index in [2.05, 4.69) is 43.2 Å². The van der Waals surface area contributed by atoms with Crippen LogP contribution in [0.2, 0.25) is 0 Å². The van der Waals surface area contributed by atoms with Crippen LogP contribution in [0.25, 0.3) is 0 Å². The van der Waals surface area contributed by atoms with Crippen LogP contribution in [-0.2, 0) is 0 Å². The van der Waals surface area contributed by atoms with Gasteiger partial charge in [0.15, 0.2) is 0 Å². The van der Waals surface area contributed by atoms with Gasteiger partial charge in [-0.2, -0.15) is 5.26 Å². The van der Waals surface area contributed by atoms with Gasteiger partial charge in [0.25, 0.3) is 0 Å². The first-order chi connectivity index (χ1) is 7.08. The molecular weight excluding hydrogens is 324 g/mol. The lowest BCUT2D eigenvalue weighted by molar-refractivity contribution is 0.412. The highest BCUT2D eigenvalue weighted by atomic mass is 79.9. The Morgan fingerprint density at radius 3 is 2.60 bits per heavy atom. The van der Waals surface area contributed by atoms with Crippen LogP contribution >= 0.6 is 31.9 Å². The summed E-state index contributed by atoms with van der Waals surface area (Å²) >= 11 is 6.79. The lowest BCUT2D eigenvalue weighted by atomic mass is 10.2. The second-order valence-electron chi connectivity index (χ2n) is 2.96. The number of halogens is 2. The number of hydrogen-bond acceptors (Lipinski definition) is 3. The van der Waals surface area contributed by atoms with E-state index in [1.54, 1.807) is 14.0 Å². The third-order valence-electron chi connectivity index (χ3n) is 1.81. The molecule has 0 radical (unpaired) electrons. The quantitative estimate of drug-likeness (QED) is 0.920. The number of nitrogens with one attached hydrogen (secondary N) is 1. The minimum atomic E-state index is -0.243. The lowest BCUT2D eigenvalue weighted by Crippen LogP contribution is -2.12. The van der Waals surface area contributed by atoms with Gasteiger partial charge in [-0.3, -0.25) is 0 Å². The van der Waals surface area contributed by atoms with Gasteiger partial charge in [0.05, 0.1) is 23.3 Å². The highest BCUT2D eigenvalue weighted by molar-refractivity contribution is 9.11. The number of methoxy groups -OCH3 is 1. The molecular formula is C10H10Br2N2O. The minimum Gasteiger partial charge on any atom is -0.495 e. The predicted molar refractivity (Wildman–Crippen MR) is 67.1 cm³/mol. The van der Waals surface area contributed by atoms with Crippen LogP contribution in [0.4, 0.5) is 5.69 Å². The molecule has 0 spiro atoms. The van der Waals surface area contributed by atoms with Crippen molar-refractivity contribution in [3.05, 3.63) is 21.1 Å². The highest BCUT2D eigenvalue weighted by Crippen LogP contribution is 2.34. The Morgan fingerprint density at radius 1 is 1.40 bits per heavy atom. The maximum atomic E-state index is 8.70. The summed E-state index contributed by atoms with van der Waals surface area (Å²) in [6, 6.07) is 5.58. The normalized spacial score (nSPS) is 11.7. The highest BCUT2D eigenvalue weighted by Gasteiger charge is 2.08. The van der Waals surface area contributed by atoms with Crippen molar-refractivity contribution in [2.75, 3.05) is 12.4 Å². The van der Waals surface area contributed by atoms with Gasteiger partial charge in [-0.15, -0.1) is 0 Å². The second kappa shape index (κ2) is 5.38. The van der Waals surface area contributed by atoms with Gasteiger partial charge in [-0.25, -0.2) is 0 Å². The van der Waals surface area contributed by atoms with Crippen LogP contribution < -0.4 is 10.1 Å². The Kier molecular flexibility index (Phi) is 4.43. The first kappa shape index (κ1) is 12.3. The summed E-state index contributed by atoms with van der Waals surface area (Å²) in [4.78, 5) is 0. The first-order valence-corrected chi connectivity index (χ1v) is 5.86. The molecule has 1 rings (SSSR count). The lowest BCUT2D eigenvalue weighted by Gasteiger charge is -2.12. The summed E-state index contributed by atoms with van der Waals surface area (Å²) < 4.78 is 6.92. The van der Waals surface area contributed by atoms with Gasteiger partial charge in [0, 0.05) is 10.5 Å². The molecule has 1 N–H and O–H groups in total. The van der Waals surface area contributed by atoms with E-state index in [1.165, 1.54) is 0 Å². The van der Waals surface area contributed by atoms with E-state index in [0.717, 1.165) is 20.4 Å². The average molecular weight is 334 g/mol. The van der Waals surface area contributed by atoms with Gasteiger partial charge >= 0.3 is 0 Å². The Hall–Kier alpha value is -0.730. The van der Waals surface area contributed by atoms with Crippen LogP contribution in [-0.4, -0.2) is 13.2 Å². The summed E-state index contributed by atoms with van der Waals surface area (Å²) in [6.07, 6.45) is 0. The molecule has 1 atom stereocenters. The second-order valence-corrected chi connectivity index (χ2v) is 4.67. The molecule has 0 saturated heterocycles. The molecule has 0 aliphatic heterocycles. The minimum absolute atomic E-state index is 0.243. The van der Waals surface area contributed by atoms with Crippen molar-refractivity contribution in [1.29, 1.82) is 5.26 Å². The number of hydrogen-bond donors (Lipinski definition) is 1. The molecule has 0 aliphatic carbocycles. The van der Waals surface area contributed by atoms with E-state index in [-0.39, 0.29) is 6.04 Å². The molecule has 0 fully saturated rings. The smallest absolute Gasteiger partial charge is 0.135 e. The molecule has 1 unspecified atom stereocenters. The number of anilines is 1. The van der Waals surface area contributed by atoms with Crippen LogP contribution in [0.3, 0.4) is 0 Å². The van der Waals surface area contributed by atoms with Crippen LogP contribution in [0.15, 0.2) is 21.1 Å². The molecule has 0 saturated carbocycles. The fourth-order valence-electron chi connectivity index (χ4n) is 1.06. The van der Waals surface area contributed by atoms with Gasteiger partial charge in [-0.05, 0) is 44.8 Å². The van der Waals surface area contributed by atoms with E-state index >= 15 is 0 Å². The van der Waals surface area contributed by atoms with Crippen molar-refractivity contribution >= 4 is 37.5 Å². The van der Waals surface area contributed by atoms with E-state index in [1.807, 2.05) is 12.1 Å². The Morgan fingerprint density at radius 2 is 2.07 bits per heavy atom. The molecule has 5 heteroatoms. The van der Waals surface area contributed by atoms with E-state index in [9.17, 15) is 0 Å². The molecule has 1 aromatic carbocycles. The monoisotopic (exact) mass is 332 g/mol. The van der Waals surface area contributed by atoms with Crippen LogP contribution in [0, 0.1) is 11.3 Å². The van der Waals surface area contributed by atoms with Crippen molar-refractivity contribution in [3.8, 4) is 11.8 Å². The number of rotatable bonds is 3. The standard InChI is InChI=1S/C10H10Br2N2O/c1-6(5-13)14-9-4-10(15-2)8(12)3-7(9)11/h3-4,6,14H,1-2H3. The summed E-state index contributed by atoms with van der Waals surface area (Å²) in [6.45, 7) is 1.79. The average Bonchev–Trinajstić information content (AvgIpc) is 2.21. The van der Waals surface area contributed by atoms with Crippen molar-refractivity contribution in [3.63, 3.8) is 0 Å². The van der Waals surface area contributed by atoms with E-state index in [4.69, 9.17) is 10.00 Å². The predicted octanol–water partition coefficient (Wildman–Crippen LogP) is 3.54. The number of benzene rings is 1. The molecule has 0 bridgehead atoms. The topological polar surface area (TPSA) is 45.0 Å². The zero-order valence-electron chi connectivity index (χ0n) is 8.34. The molecule has 15 heavy (non-hydrogen) atoms. The summed E-state index contributed by atoms with van der Waals surface area (Å²) in [5.74, 6) is 0.728. The van der Waals surface area contributed by atoms with Gasteiger partial charge in [-0.1, -0.05) is 0 Å². The van der Waals surface area contributed by atoms with Gasteiger partial charge in [0.2, 0.25) is 0 Å². The van der Waals surface area contributed by atoms with Crippen molar-refractivity contribution in [2.45, 2.75) is 13.0 Å². The summed E-state index contributed by atoms with van der Waals surface area (Å²) in [7, 11) is 1.60. The van der Waals surface area contributed by atoms with E-state index in [0.29, 0.717) is 0 Å². The maximum absolute atomic E-state index is 8.70. The number of nitrogens with zero attached hydrogens (tertiary/aromatic N) is 1. The third kappa shape index (κ3) is 3.11. The van der Waals surface area contributed by atoms with Crippen LogP contribution in [0.5, 0.6) is 5.75 Å². The number of ether oxygens (including phenoxy) is 1. The zero-order chi connectivity index (χ0) is 11.4. The molecule has 0 heterocycles. The molecule has 1 aromatic rings. The molecule has 0 aromatic heterocycles. The summed E-state index contributed by atoms with van der Waals surface area (Å²) in [5.41, 5.74) is 0.837. The molecule has 0 aliphatic rings. The van der Waals surface area contributed by atoms with Gasteiger partial charge < -0.3 is 10.1 Å². The van der Waals surface area contributed by atoms with Crippen LogP contribution in [0.1, 0.15) is 6.92 Å².